The van der Waals surface area contributed by atoms with Crippen LogP contribution in [0.2, 0.25) is 0 Å². The van der Waals surface area contributed by atoms with Crippen molar-refractivity contribution in [3.05, 3.63) is 72.8 Å². The molecule has 1 amide bonds. The molecule has 0 aliphatic rings. The summed E-state index contributed by atoms with van der Waals surface area (Å²) < 4.78 is 1.05. The van der Waals surface area contributed by atoms with E-state index in [1.54, 1.807) is 31.2 Å². The number of rotatable bonds is 4. The second-order valence-electron chi connectivity index (χ2n) is 4.51. The predicted molar refractivity (Wildman–Crippen MR) is 88.2 cm³/mol. The number of nitro groups is 1. The van der Waals surface area contributed by atoms with E-state index in [-0.39, 0.29) is 18.1 Å². The van der Waals surface area contributed by atoms with E-state index in [1.807, 2.05) is 12.1 Å². The van der Waals surface area contributed by atoms with Crippen molar-refractivity contribution < 1.29 is 9.72 Å². The quantitative estimate of drug-likeness (QED) is 0.489. The van der Waals surface area contributed by atoms with Gasteiger partial charge in [0, 0.05) is 27.3 Å². The Bertz CT molecular complexity index is 684. The van der Waals surface area contributed by atoms with E-state index in [1.165, 1.54) is 6.07 Å². The van der Waals surface area contributed by atoms with Crippen LogP contribution in [-0.4, -0.2) is 10.8 Å². The van der Waals surface area contributed by atoms with Crippen LogP contribution in [0.4, 0.5) is 5.69 Å². The Labute approximate surface area is 135 Å². The zero-order chi connectivity index (χ0) is 15.4. The van der Waals surface area contributed by atoms with E-state index in [0.29, 0.717) is 11.1 Å². The number of nitrogens with zero attached hydrogens (tertiary/aromatic N) is 1. The minimum absolute atomic E-state index is 0.0658. The Kier molecular flexibility index (Phi) is 4.89. The molecule has 0 unspecified atom stereocenters. The van der Waals surface area contributed by atoms with Gasteiger partial charge in [-0.25, -0.2) is 0 Å². The molecule has 2 aromatic carbocycles. The van der Waals surface area contributed by atoms with Gasteiger partial charge in [0.1, 0.15) is 0 Å². The van der Waals surface area contributed by atoms with Gasteiger partial charge in [0.25, 0.3) is 11.6 Å². The summed E-state index contributed by atoms with van der Waals surface area (Å²) in [7, 11) is 0. The number of nitro benzene ring substituents is 1. The van der Waals surface area contributed by atoms with Gasteiger partial charge in [0.2, 0.25) is 0 Å². The number of halogens is 1. The molecule has 0 aliphatic carbocycles. The lowest BCUT2D eigenvalue weighted by molar-refractivity contribution is -0.385. The molecule has 6 heteroatoms. The molecule has 0 saturated carbocycles. The predicted octanol–water partition coefficient (Wildman–Crippen LogP) is 3.44. The maximum absolute atomic E-state index is 12.0. The summed E-state index contributed by atoms with van der Waals surface area (Å²) in [5.74, 6) is -0.197. The number of carbonyl (C=O) groups is 1. The monoisotopic (exact) mass is 396 g/mol. The Morgan fingerprint density at radius 3 is 2.52 bits per heavy atom. The van der Waals surface area contributed by atoms with Crippen LogP contribution in [0.1, 0.15) is 21.5 Å². The number of benzene rings is 2. The second-order valence-corrected chi connectivity index (χ2v) is 5.75. The van der Waals surface area contributed by atoms with E-state index in [9.17, 15) is 14.9 Å². The van der Waals surface area contributed by atoms with Crippen LogP contribution in [0.25, 0.3) is 0 Å². The normalized spacial score (nSPS) is 10.2. The van der Waals surface area contributed by atoms with E-state index in [0.717, 1.165) is 9.13 Å². The van der Waals surface area contributed by atoms with Crippen LogP contribution < -0.4 is 5.32 Å². The van der Waals surface area contributed by atoms with Crippen LogP contribution in [0.15, 0.2) is 42.5 Å². The number of amides is 1. The Morgan fingerprint density at radius 2 is 1.90 bits per heavy atom. The first-order chi connectivity index (χ1) is 9.99. The third-order valence-electron chi connectivity index (χ3n) is 3.16. The van der Waals surface area contributed by atoms with Crippen molar-refractivity contribution in [2.75, 3.05) is 0 Å². The highest BCUT2D eigenvalue weighted by molar-refractivity contribution is 14.1. The molecule has 0 bridgehead atoms. The first-order valence-corrected chi connectivity index (χ1v) is 7.33. The molecule has 0 radical (unpaired) electrons. The van der Waals surface area contributed by atoms with Gasteiger partial charge >= 0.3 is 0 Å². The maximum Gasteiger partial charge on any atom is 0.272 e. The number of hydrogen-bond donors (Lipinski definition) is 1. The molecule has 0 aliphatic heterocycles. The molecule has 0 heterocycles. The fraction of sp³-hybridized carbons (Fsp3) is 0.133. The van der Waals surface area contributed by atoms with Gasteiger partial charge in [0.15, 0.2) is 0 Å². The van der Waals surface area contributed by atoms with Gasteiger partial charge in [-0.1, -0.05) is 12.1 Å². The molecule has 0 aromatic heterocycles. The van der Waals surface area contributed by atoms with Crippen LogP contribution >= 0.6 is 22.6 Å². The largest absolute Gasteiger partial charge is 0.348 e. The van der Waals surface area contributed by atoms with Crippen molar-refractivity contribution in [3.63, 3.8) is 0 Å². The standard InChI is InChI=1S/C15H13IN2O3/c1-10-12(3-2-4-14(10)18(20)21)9-17-15(19)11-5-7-13(16)8-6-11/h2-8H,9H2,1H3,(H,17,19). The van der Waals surface area contributed by atoms with Gasteiger partial charge < -0.3 is 5.32 Å². The third-order valence-corrected chi connectivity index (χ3v) is 3.88. The van der Waals surface area contributed by atoms with Gasteiger partial charge in [-0.3, -0.25) is 14.9 Å². The summed E-state index contributed by atoms with van der Waals surface area (Å²) in [5.41, 5.74) is 1.95. The molecule has 2 rings (SSSR count). The molecule has 0 atom stereocenters. The van der Waals surface area contributed by atoms with E-state index >= 15 is 0 Å². The summed E-state index contributed by atoms with van der Waals surface area (Å²) in [6.45, 7) is 1.95. The minimum Gasteiger partial charge on any atom is -0.348 e. The highest BCUT2D eigenvalue weighted by Crippen LogP contribution is 2.20. The lowest BCUT2D eigenvalue weighted by atomic mass is 10.1. The smallest absolute Gasteiger partial charge is 0.272 e. The molecule has 1 N–H and O–H groups in total. The van der Waals surface area contributed by atoms with Gasteiger partial charge in [-0.2, -0.15) is 0 Å². The van der Waals surface area contributed by atoms with Gasteiger partial charge in [-0.15, -0.1) is 0 Å². The third kappa shape index (κ3) is 3.78. The summed E-state index contributed by atoms with van der Waals surface area (Å²) in [6, 6.07) is 12.1. The molecule has 2 aromatic rings. The molecule has 0 saturated heterocycles. The minimum atomic E-state index is -0.417. The van der Waals surface area contributed by atoms with Crippen LogP contribution in [0.5, 0.6) is 0 Å². The number of carbonyl (C=O) groups excluding carboxylic acids is 1. The fourth-order valence-corrected chi connectivity index (χ4v) is 2.30. The Hall–Kier alpha value is -1.96. The Balaban J connectivity index is 2.10. The summed E-state index contributed by atoms with van der Waals surface area (Å²) in [4.78, 5) is 22.5. The first-order valence-electron chi connectivity index (χ1n) is 6.25. The van der Waals surface area contributed by atoms with Gasteiger partial charge in [-0.05, 0) is 59.3 Å². The average Bonchev–Trinajstić information content (AvgIpc) is 2.46. The number of nitrogens with one attached hydrogen (secondary N) is 1. The van der Waals surface area contributed by atoms with E-state index < -0.39 is 4.92 Å². The molecular formula is C15H13IN2O3. The highest BCUT2D eigenvalue weighted by atomic mass is 127. The van der Waals surface area contributed by atoms with Crippen molar-refractivity contribution in [1.29, 1.82) is 0 Å². The summed E-state index contributed by atoms with van der Waals surface area (Å²) in [6.07, 6.45) is 0. The second kappa shape index (κ2) is 6.66. The topological polar surface area (TPSA) is 72.2 Å². The van der Waals surface area contributed by atoms with E-state index in [4.69, 9.17) is 0 Å². The van der Waals surface area contributed by atoms with E-state index in [2.05, 4.69) is 27.9 Å². The summed E-state index contributed by atoms with van der Waals surface area (Å²) >= 11 is 2.17. The molecule has 0 spiro atoms. The van der Waals surface area contributed by atoms with Crippen molar-refractivity contribution in [1.82, 2.24) is 5.32 Å². The van der Waals surface area contributed by atoms with Crippen LogP contribution in [0.3, 0.4) is 0 Å². The molecule has 108 valence electrons. The van der Waals surface area contributed by atoms with Crippen LogP contribution in [-0.2, 0) is 6.54 Å². The lowest BCUT2D eigenvalue weighted by Crippen LogP contribution is -2.23. The molecular weight excluding hydrogens is 383 g/mol. The van der Waals surface area contributed by atoms with Crippen molar-refractivity contribution >= 4 is 34.2 Å². The maximum atomic E-state index is 12.0. The van der Waals surface area contributed by atoms with Crippen molar-refractivity contribution in [2.24, 2.45) is 0 Å². The molecule has 5 nitrogen and oxygen atoms in total. The van der Waals surface area contributed by atoms with Gasteiger partial charge in [0.05, 0.1) is 4.92 Å². The summed E-state index contributed by atoms with van der Waals surface area (Å²) in [5, 5.41) is 13.7. The van der Waals surface area contributed by atoms with Crippen LogP contribution in [0, 0.1) is 20.6 Å². The first kappa shape index (κ1) is 15.4. The number of hydrogen-bond acceptors (Lipinski definition) is 3. The van der Waals surface area contributed by atoms with Crippen molar-refractivity contribution in [3.8, 4) is 0 Å². The lowest BCUT2D eigenvalue weighted by Gasteiger charge is -2.08. The molecule has 21 heavy (non-hydrogen) atoms. The SMILES string of the molecule is Cc1c(CNC(=O)c2ccc(I)cc2)cccc1[N+](=O)[O-]. The Morgan fingerprint density at radius 1 is 1.24 bits per heavy atom. The molecule has 0 fully saturated rings. The zero-order valence-electron chi connectivity index (χ0n) is 11.3. The zero-order valence-corrected chi connectivity index (χ0v) is 13.5. The fourth-order valence-electron chi connectivity index (χ4n) is 1.94. The van der Waals surface area contributed by atoms with Crippen molar-refractivity contribution in [2.45, 2.75) is 13.5 Å². The average molecular weight is 396 g/mol. The highest BCUT2D eigenvalue weighted by Gasteiger charge is 2.13.